The van der Waals surface area contributed by atoms with Crippen LogP contribution in [0.25, 0.3) is 11.1 Å². The van der Waals surface area contributed by atoms with Gasteiger partial charge in [-0.15, -0.1) is 12.4 Å². The summed E-state index contributed by atoms with van der Waals surface area (Å²) >= 11 is 0. The van der Waals surface area contributed by atoms with Gasteiger partial charge >= 0.3 is 0 Å². The summed E-state index contributed by atoms with van der Waals surface area (Å²) in [5.74, 6) is -1.25. The first kappa shape index (κ1) is 14.9. The monoisotopic (exact) mass is 299 g/mol. The van der Waals surface area contributed by atoms with Crippen LogP contribution in [0.5, 0.6) is 0 Å². The maximum Gasteiger partial charge on any atom is 0.138 e. The Balaban J connectivity index is 0.00000147. The highest BCUT2D eigenvalue weighted by Gasteiger charge is 2.22. The Morgan fingerprint density at radius 3 is 2.60 bits per heavy atom. The molecule has 2 aromatic carbocycles. The van der Waals surface area contributed by atoms with Crippen molar-refractivity contribution in [3.8, 4) is 11.1 Å². The number of rotatable bonds is 1. The van der Waals surface area contributed by atoms with E-state index in [0.717, 1.165) is 11.6 Å². The third-order valence-electron chi connectivity index (χ3n) is 3.40. The Morgan fingerprint density at radius 1 is 1.05 bits per heavy atom. The maximum absolute atomic E-state index is 13.8. The molecular weight excluding hydrogens is 287 g/mol. The van der Waals surface area contributed by atoms with E-state index in [1.54, 1.807) is 18.2 Å². The summed E-state index contributed by atoms with van der Waals surface area (Å²) in [6.07, 6.45) is -1.09. The largest absolute Gasteiger partial charge is 0.309 e. The quantitative estimate of drug-likeness (QED) is 0.833. The van der Waals surface area contributed by atoms with E-state index in [1.807, 2.05) is 0 Å². The lowest BCUT2D eigenvalue weighted by Gasteiger charge is -2.23. The first-order chi connectivity index (χ1) is 9.16. The number of benzene rings is 2. The number of hydrogen-bond acceptors (Lipinski definition) is 1. The molecule has 20 heavy (non-hydrogen) atoms. The fourth-order valence-corrected chi connectivity index (χ4v) is 2.49. The minimum atomic E-state index is -1.09. The zero-order valence-corrected chi connectivity index (χ0v) is 11.3. The highest BCUT2D eigenvalue weighted by molar-refractivity contribution is 5.85. The van der Waals surface area contributed by atoms with Crippen molar-refractivity contribution in [1.82, 2.24) is 5.32 Å². The molecule has 0 saturated heterocycles. The standard InChI is InChI=1S/C15H12F3N.ClH/c16-9-4-5-12(14(17)6-9)10-2-1-3-11-13(10)7-19-8-15(11)18;/h1-6,15,19H,7-8H2;1H. The summed E-state index contributed by atoms with van der Waals surface area (Å²) in [5, 5.41) is 2.96. The SMILES string of the molecule is Cl.Fc1ccc(-c2cccc3c2CNCC3F)c(F)c1. The molecular formula is C15H13ClF3N. The van der Waals surface area contributed by atoms with Crippen LogP contribution in [0.15, 0.2) is 36.4 Å². The van der Waals surface area contributed by atoms with E-state index in [-0.39, 0.29) is 19.0 Å². The summed E-state index contributed by atoms with van der Waals surface area (Å²) < 4.78 is 40.6. The molecule has 0 aromatic heterocycles. The molecule has 106 valence electrons. The van der Waals surface area contributed by atoms with Gasteiger partial charge in [0.05, 0.1) is 0 Å². The van der Waals surface area contributed by atoms with Crippen molar-refractivity contribution in [2.45, 2.75) is 12.7 Å². The second-order valence-corrected chi connectivity index (χ2v) is 4.60. The van der Waals surface area contributed by atoms with Gasteiger partial charge < -0.3 is 5.32 Å². The lowest BCUT2D eigenvalue weighted by Crippen LogP contribution is -2.26. The molecule has 1 nitrogen and oxygen atoms in total. The predicted molar refractivity (Wildman–Crippen MR) is 74.6 cm³/mol. The van der Waals surface area contributed by atoms with E-state index in [9.17, 15) is 13.2 Å². The Bertz CT molecular complexity index is 631. The second-order valence-electron chi connectivity index (χ2n) is 4.60. The van der Waals surface area contributed by atoms with Crippen molar-refractivity contribution >= 4 is 12.4 Å². The van der Waals surface area contributed by atoms with Gasteiger partial charge in [0.1, 0.15) is 17.8 Å². The maximum atomic E-state index is 13.8. The van der Waals surface area contributed by atoms with E-state index in [2.05, 4.69) is 5.32 Å². The van der Waals surface area contributed by atoms with Crippen LogP contribution in [0.2, 0.25) is 0 Å². The van der Waals surface area contributed by atoms with E-state index in [4.69, 9.17) is 0 Å². The number of fused-ring (bicyclic) bond motifs is 1. The number of hydrogen-bond donors (Lipinski definition) is 1. The van der Waals surface area contributed by atoms with E-state index < -0.39 is 17.8 Å². The molecule has 1 aliphatic rings. The van der Waals surface area contributed by atoms with Gasteiger partial charge in [0.25, 0.3) is 0 Å². The fraction of sp³-hybridized carbons (Fsp3) is 0.200. The molecule has 5 heteroatoms. The van der Waals surface area contributed by atoms with Gasteiger partial charge in [-0.3, -0.25) is 0 Å². The molecule has 0 amide bonds. The zero-order chi connectivity index (χ0) is 13.4. The molecule has 1 atom stereocenters. The Morgan fingerprint density at radius 2 is 1.85 bits per heavy atom. The lowest BCUT2D eigenvalue weighted by molar-refractivity contribution is 0.310. The fourth-order valence-electron chi connectivity index (χ4n) is 2.49. The lowest BCUT2D eigenvalue weighted by atomic mass is 9.91. The van der Waals surface area contributed by atoms with Crippen molar-refractivity contribution in [2.75, 3.05) is 6.54 Å². The average Bonchev–Trinajstić information content (AvgIpc) is 2.39. The summed E-state index contributed by atoms with van der Waals surface area (Å²) in [6.45, 7) is 0.755. The van der Waals surface area contributed by atoms with Gasteiger partial charge in [-0.05, 0) is 28.8 Å². The van der Waals surface area contributed by atoms with Gasteiger partial charge in [0.2, 0.25) is 0 Å². The van der Waals surface area contributed by atoms with Crippen LogP contribution in [0.3, 0.4) is 0 Å². The topological polar surface area (TPSA) is 12.0 Å². The summed E-state index contributed by atoms with van der Waals surface area (Å²) in [4.78, 5) is 0. The Kier molecular flexibility index (Phi) is 4.35. The van der Waals surface area contributed by atoms with E-state index in [0.29, 0.717) is 23.2 Å². The number of nitrogens with one attached hydrogen (secondary N) is 1. The molecule has 2 aromatic rings. The van der Waals surface area contributed by atoms with Crippen molar-refractivity contribution in [3.05, 3.63) is 59.2 Å². The van der Waals surface area contributed by atoms with Crippen LogP contribution < -0.4 is 5.32 Å². The average molecular weight is 300 g/mol. The van der Waals surface area contributed by atoms with Gasteiger partial charge in [0.15, 0.2) is 0 Å². The van der Waals surface area contributed by atoms with E-state index in [1.165, 1.54) is 12.1 Å². The van der Waals surface area contributed by atoms with Gasteiger partial charge in [-0.25, -0.2) is 13.2 Å². The highest BCUT2D eigenvalue weighted by Crippen LogP contribution is 2.34. The molecule has 1 heterocycles. The molecule has 0 saturated carbocycles. The molecule has 3 rings (SSSR count). The predicted octanol–water partition coefficient (Wildman–Crippen LogP) is 4.17. The number of alkyl halides is 1. The minimum absolute atomic E-state index is 0. The molecule has 1 N–H and O–H groups in total. The van der Waals surface area contributed by atoms with Crippen molar-refractivity contribution in [1.29, 1.82) is 0 Å². The van der Waals surface area contributed by atoms with E-state index >= 15 is 0 Å². The summed E-state index contributed by atoms with van der Waals surface area (Å²) in [5.41, 5.74) is 2.24. The van der Waals surface area contributed by atoms with Gasteiger partial charge in [-0.2, -0.15) is 0 Å². The van der Waals surface area contributed by atoms with Crippen LogP contribution in [0.4, 0.5) is 13.2 Å². The third kappa shape index (κ3) is 2.53. The second kappa shape index (κ2) is 5.85. The Labute approximate surface area is 121 Å². The first-order valence-corrected chi connectivity index (χ1v) is 6.09. The molecule has 1 aliphatic heterocycles. The third-order valence-corrected chi connectivity index (χ3v) is 3.40. The Hall–Kier alpha value is -1.52. The first-order valence-electron chi connectivity index (χ1n) is 6.09. The van der Waals surface area contributed by atoms with Crippen molar-refractivity contribution in [2.24, 2.45) is 0 Å². The highest BCUT2D eigenvalue weighted by atomic mass is 35.5. The van der Waals surface area contributed by atoms with Crippen LogP contribution in [-0.4, -0.2) is 6.54 Å². The van der Waals surface area contributed by atoms with Crippen molar-refractivity contribution in [3.63, 3.8) is 0 Å². The van der Waals surface area contributed by atoms with Crippen LogP contribution in [-0.2, 0) is 6.54 Å². The van der Waals surface area contributed by atoms with Crippen LogP contribution in [0, 0.1) is 11.6 Å². The normalized spacial score (nSPS) is 17.2. The zero-order valence-electron chi connectivity index (χ0n) is 10.5. The van der Waals surface area contributed by atoms with Crippen molar-refractivity contribution < 1.29 is 13.2 Å². The molecule has 0 radical (unpaired) electrons. The van der Waals surface area contributed by atoms with Gasteiger partial charge in [-0.1, -0.05) is 18.2 Å². The van der Waals surface area contributed by atoms with Gasteiger partial charge in [0, 0.05) is 24.7 Å². The number of halogens is 4. The molecule has 0 fully saturated rings. The molecule has 0 bridgehead atoms. The molecule has 1 unspecified atom stereocenters. The molecule has 0 aliphatic carbocycles. The minimum Gasteiger partial charge on any atom is -0.309 e. The van der Waals surface area contributed by atoms with Crippen LogP contribution in [0.1, 0.15) is 17.3 Å². The summed E-state index contributed by atoms with van der Waals surface area (Å²) in [6, 6.07) is 8.59. The smallest absolute Gasteiger partial charge is 0.138 e. The molecule has 0 spiro atoms. The summed E-state index contributed by atoms with van der Waals surface area (Å²) in [7, 11) is 0. The van der Waals surface area contributed by atoms with Crippen LogP contribution >= 0.6 is 12.4 Å².